The van der Waals surface area contributed by atoms with Crippen LogP contribution in [0.3, 0.4) is 0 Å². The van der Waals surface area contributed by atoms with Gasteiger partial charge in [0.25, 0.3) is 0 Å². The number of hydrogen-bond donors (Lipinski definition) is 0. The van der Waals surface area contributed by atoms with Gasteiger partial charge in [-0.25, -0.2) is 0 Å². The molecule has 0 amide bonds. The Kier molecular flexibility index (Phi) is 3.76. The van der Waals surface area contributed by atoms with Crippen LogP contribution in [0.1, 0.15) is 45.7 Å². The first kappa shape index (κ1) is 14.9. The zero-order valence-corrected chi connectivity index (χ0v) is 13.4. The van der Waals surface area contributed by atoms with E-state index in [1.165, 1.54) is 11.1 Å². The van der Waals surface area contributed by atoms with Crippen LogP contribution in [0.5, 0.6) is 0 Å². The number of aryl methyl sites for hydroxylation is 1. The summed E-state index contributed by atoms with van der Waals surface area (Å²) >= 11 is 6.19. The smallest absolute Gasteiger partial charge is 0.399 e. The second kappa shape index (κ2) is 4.80. The molecule has 0 atom stereocenters. The molecule has 0 spiro atoms. The Morgan fingerprint density at radius 1 is 1.11 bits per heavy atom. The SMILES string of the molecule is CCc1c(C)cc(Cl)cc1B1OC(C)(C)C(C)(C)O1. The summed E-state index contributed by atoms with van der Waals surface area (Å²) in [6.45, 7) is 12.5. The molecule has 1 heterocycles. The highest BCUT2D eigenvalue weighted by Crippen LogP contribution is 2.37. The van der Waals surface area contributed by atoms with Crippen molar-refractivity contribution in [1.82, 2.24) is 0 Å². The molecule has 0 saturated carbocycles. The second-order valence-corrected chi connectivity index (χ2v) is 6.67. The van der Waals surface area contributed by atoms with Crippen LogP contribution >= 0.6 is 11.6 Å². The van der Waals surface area contributed by atoms with Crippen LogP contribution in [0.15, 0.2) is 12.1 Å². The van der Waals surface area contributed by atoms with Gasteiger partial charge in [-0.15, -0.1) is 0 Å². The van der Waals surface area contributed by atoms with Gasteiger partial charge in [0.15, 0.2) is 0 Å². The molecule has 2 rings (SSSR count). The van der Waals surface area contributed by atoms with E-state index >= 15 is 0 Å². The molecule has 4 heteroatoms. The van der Waals surface area contributed by atoms with E-state index in [2.05, 4.69) is 41.5 Å². The van der Waals surface area contributed by atoms with Crippen LogP contribution < -0.4 is 5.46 Å². The standard InChI is InChI=1S/C15H22BClO2/c1-7-12-10(2)8-11(17)9-13(12)16-18-14(3,4)15(5,6)19-16/h8-9H,7H2,1-6H3. The third-order valence-corrected chi connectivity index (χ3v) is 4.55. The molecule has 1 saturated heterocycles. The highest BCUT2D eigenvalue weighted by molar-refractivity contribution is 6.63. The molecule has 19 heavy (non-hydrogen) atoms. The van der Waals surface area contributed by atoms with E-state index in [1.54, 1.807) is 0 Å². The normalized spacial score (nSPS) is 20.9. The van der Waals surface area contributed by atoms with E-state index in [0.29, 0.717) is 0 Å². The third kappa shape index (κ3) is 2.56. The van der Waals surface area contributed by atoms with Crippen LogP contribution in [-0.2, 0) is 15.7 Å². The van der Waals surface area contributed by atoms with Crippen molar-refractivity contribution in [3.63, 3.8) is 0 Å². The highest BCUT2D eigenvalue weighted by atomic mass is 35.5. The van der Waals surface area contributed by atoms with Gasteiger partial charge in [0.1, 0.15) is 0 Å². The lowest BCUT2D eigenvalue weighted by atomic mass is 9.74. The summed E-state index contributed by atoms with van der Waals surface area (Å²) in [4.78, 5) is 0. The van der Waals surface area contributed by atoms with Gasteiger partial charge in [0.05, 0.1) is 11.2 Å². The molecule has 104 valence electrons. The molecular formula is C15H22BClO2. The fourth-order valence-corrected chi connectivity index (χ4v) is 2.74. The topological polar surface area (TPSA) is 18.5 Å². The molecule has 0 N–H and O–H groups in total. The average molecular weight is 281 g/mol. The van der Waals surface area contributed by atoms with Gasteiger partial charge < -0.3 is 9.31 Å². The Hall–Kier alpha value is -0.505. The summed E-state index contributed by atoms with van der Waals surface area (Å²) in [7, 11) is -0.336. The van der Waals surface area contributed by atoms with E-state index < -0.39 is 0 Å². The summed E-state index contributed by atoms with van der Waals surface area (Å²) < 4.78 is 12.2. The van der Waals surface area contributed by atoms with Crippen molar-refractivity contribution in [2.24, 2.45) is 0 Å². The minimum atomic E-state index is -0.336. The first-order chi connectivity index (χ1) is 8.68. The molecule has 1 aromatic rings. The van der Waals surface area contributed by atoms with Crippen molar-refractivity contribution in [2.75, 3.05) is 0 Å². The first-order valence-corrected chi connectivity index (χ1v) is 7.20. The number of benzene rings is 1. The average Bonchev–Trinajstić information content (AvgIpc) is 2.47. The Labute approximate surface area is 121 Å². The predicted molar refractivity (Wildman–Crippen MR) is 81.3 cm³/mol. The lowest BCUT2D eigenvalue weighted by Gasteiger charge is -2.32. The number of rotatable bonds is 2. The van der Waals surface area contributed by atoms with Gasteiger partial charge in [0, 0.05) is 5.02 Å². The summed E-state index contributed by atoms with van der Waals surface area (Å²) in [6, 6.07) is 3.96. The zero-order chi connectivity index (χ0) is 14.4. The summed E-state index contributed by atoms with van der Waals surface area (Å²) in [5.41, 5.74) is 2.88. The van der Waals surface area contributed by atoms with Crippen LogP contribution in [0.25, 0.3) is 0 Å². The largest absolute Gasteiger partial charge is 0.495 e. The van der Waals surface area contributed by atoms with Gasteiger partial charge >= 0.3 is 7.12 Å². The highest BCUT2D eigenvalue weighted by Gasteiger charge is 2.52. The van der Waals surface area contributed by atoms with Crippen molar-refractivity contribution >= 4 is 24.2 Å². The first-order valence-electron chi connectivity index (χ1n) is 6.82. The Balaban J connectivity index is 2.45. The summed E-state index contributed by atoms with van der Waals surface area (Å²) in [5, 5.41) is 0.736. The lowest BCUT2D eigenvalue weighted by Crippen LogP contribution is -2.41. The molecule has 0 radical (unpaired) electrons. The molecule has 1 fully saturated rings. The lowest BCUT2D eigenvalue weighted by molar-refractivity contribution is 0.00578. The minimum absolute atomic E-state index is 0.321. The second-order valence-electron chi connectivity index (χ2n) is 6.23. The quantitative estimate of drug-likeness (QED) is 0.772. The van der Waals surface area contributed by atoms with Crippen LogP contribution in [0, 0.1) is 6.92 Å². The fraction of sp³-hybridized carbons (Fsp3) is 0.600. The Morgan fingerprint density at radius 3 is 2.11 bits per heavy atom. The van der Waals surface area contributed by atoms with Gasteiger partial charge in [-0.2, -0.15) is 0 Å². The molecular weight excluding hydrogens is 258 g/mol. The van der Waals surface area contributed by atoms with Crippen molar-refractivity contribution in [1.29, 1.82) is 0 Å². The van der Waals surface area contributed by atoms with Gasteiger partial charge in [-0.1, -0.05) is 18.5 Å². The van der Waals surface area contributed by atoms with E-state index in [1.807, 2.05) is 12.1 Å². The Morgan fingerprint density at radius 2 is 1.63 bits per heavy atom. The minimum Gasteiger partial charge on any atom is -0.399 e. The van der Waals surface area contributed by atoms with Crippen LogP contribution in [0.4, 0.5) is 0 Å². The van der Waals surface area contributed by atoms with E-state index in [4.69, 9.17) is 20.9 Å². The molecule has 1 aliphatic rings. The van der Waals surface area contributed by atoms with Gasteiger partial charge in [0.2, 0.25) is 0 Å². The van der Waals surface area contributed by atoms with E-state index in [-0.39, 0.29) is 18.3 Å². The monoisotopic (exact) mass is 280 g/mol. The van der Waals surface area contributed by atoms with Crippen molar-refractivity contribution < 1.29 is 9.31 Å². The van der Waals surface area contributed by atoms with E-state index in [9.17, 15) is 0 Å². The zero-order valence-electron chi connectivity index (χ0n) is 12.6. The molecule has 1 aliphatic heterocycles. The van der Waals surface area contributed by atoms with Crippen LogP contribution in [-0.4, -0.2) is 18.3 Å². The maximum absolute atomic E-state index is 6.19. The summed E-state index contributed by atoms with van der Waals surface area (Å²) in [6.07, 6.45) is 0.947. The summed E-state index contributed by atoms with van der Waals surface area (Å²) in [5.74, 6) is 0. The number of halogens is 1. The molecule has 1 aromatic carbocycles. The maximum atomic E-state index is 6.19. The van der Waals surface area contributed by atoms with E-state index in [0.717, 1.165) is 16.9 Å². The fourth-order valence-electron chi connectivity index (χ4n) is 2.46. The Bertz CT molecular complexity index is 481. The number of hydrogen-bond acceptors (Lipinski definition) is 2. The predicted octanol–water partition coefficient (Wildman–Crippen LogP) is 3.51. The molecule has 0 bridgehead atoms. The van der Waals surface area contributed by atoms with Crippen LogP contribution in [0.2, 0.25) is 5.02 Å². The molecule has 2 nitrogen and oxygen atoms in total. The maximum Gasteiger partial charge on any atom is 0.495 e. The van der Waals surface area contributed by atoms with Gasteiger partial charge in [-0.3, -0.25) is 0 Å². The molecule has 0 aliphatic carbocycles. The van der Waals surface area contributed by atoms with Crippen molar-refractivity contribution in [3.05, 3.63) is 28.3 Å². The molecule has 0 unspecified atom stereocenters. The third-order valence-electron chi connectivity index (χ3n) is 4.33. The van der Waals surface area contributed by atoms with Crippen molar-refractivity contribution in [3.8, 4) is 0 Å². The van der Waals surface area contributed by atoms with Gasteiger partial charge in [-0.05, 0) is 69.8 Å². The molecule has 0 aromatic heterocycles. The van der Waals surface area contributed by atoms with Crippen molar-refractivity contribution in [2.45, 2.75) is 59.2 Å².